The van der Waals surface area contributed by atoms with Crippen LogP contribution in [-0.4, -0.2) is 22.6 Å². The van der Waals surface area contributed by atoms with E-state index < -0.39 is 29.3 Å². The minimum Gasteiger partial charge on any atom is -0.508 e. The van der Waals surface area contributed by atoms with Gasteiger partial charge in [0.1, 0.15) is 22.7 Å². The fourth-order valence-electron chi connectivity index (χ4n) is 2.47. The van der Waals surface area contributed by atoms with E-state index in [9.17, 15) is 27.9 Å². The molecule has 0 amide bonds. The molecule has 0 spiro atoms. The van der Waals surface area contributed by atoms with Crippen LogP contribution in [0.4, 0.5) is 18.9 Å². The molecule has 0 radical (unpaired) electrons. The first-order valence-corrected chi connectivity index (χ1v) is 8.95. The average molecular weight is 425 g/mol. The van der Waals surface area contributed by atoms with Crippen LogP contribution in [-0.2, 0) is 22.3 Å². The first kappa shape index (κ1) is 23.1. The number of benzene rings is 2. The van der Waals surface area contributed by atoms with Gasteiger partial charge < -0.3 is 19.9 Å². The molecule has 2 aromatic rings. The molecule has 2 rings (SSSR count). The second-order valence-corrected chi connectivity index (χ2v) is 7.50. The van der Waals surface area contributed by atoms with Crippen LogP contribution in [0.5, 0.6) is 11.5 Å². The number of aromatic hydroxyl groups is 1. The molecule has 162 valence electrons. The lowest BCUT2D eigenvalue weighted by atomic mass is 10.1. The van der Waals surface area contributed by atoms with Crippen molar-refractivity contribution in [1.29, 1.82) is 0 Å². The van der Waals surface area contributed by atoms with Crippen molar-refractivity contribution in [3.8, 4) is 11.5 Å². The maximum atomic E-state index is 12.9. The highest BCUT2D eigenvalue weighted by molar-refractivity contribution is 5.94. The quantitative estimate of drug-likeness (QED) is 0.523. The Morgan fingerprint density at radius 2 is 1.73 bits per heavy atom. The van der Waals surface area contributed by atoms with Gasteiger partial charge in [-0.1, -0.05) is 0 Å². The van der Waals surface area contributed by atoms with E-state index in [4.69, 9.17) is 9.47 Å². The molecule has 0 heterocycles. The number of rotatable bonds is 5. The Hall–Kier alpha value is -3.23. The molecule has 0 unspecified atom stereocenters. The summed E-state index contributed by atoms with van der Waals surface area (Å²) in [4.78, 5) is 23.8. The molecule has 0 saturated heterocycles. The number of esters is 2. The lowest BCUT2D eigenvalue weighted by Crippen LogP contribution is -2.24. The molecule has 0 bridgehead atoms. The monoisotopic (exact) mass is 425 g/mol. The Morgan fingerprint density at radius 1 is 1.07 bits per heavy atom. The van der Waals surface area contributed by atoms with Gasteiger partial charge in [0.2, 0.25) is 0 Å². The van der Waals surface area contributed by atoms with Crippen molar-refractivity contribution in [2.45, 2.75) is 46.0 Å². The van der Waals surface area contributed by atoms with E-state index in [0.29, 0.717) is 5.69 Å². The van der Waals surface area contributed by atoms with Crippen molar-refractivity contribution in [2.24, 2.45) is 0 Å². The molecule has 0 saturated carbocycles. The average Bonchev–Trinajstić information content (AvgIpc) is 2.58. The van der Waals surface area contributed by atoms with Crippen LogP contribution in [0.2, 0.25) is 0 Å². The van der Waals surface area contributed by atoms with E-state index in [2.05, 4.69) is 5.32 Å². The Bertz CT molecular complexity index is 949. The van der Waals surface area contributed by atoms with Crippen molar-refractivity contribution >= 4 is 17.6 Å². The summed E-state index contributed by atoms with van der Waals surface area (Å²) in [6.45, 7) is 6.09. The van der Waals surface area contributed by atoms with Gasteiger partial charge in [0.25, 0.3) is 0 Å². The highest BCUT2D eigenvalue weighted by Gasteiger charge is 2.31. The number of alkyl halides is 3. The molecular weight excluding hydrogens is 403 g/mol. The molecule has 0 aromatic heterocycles. The SMILES string of the molecule is CC(=O)Oc1cc(NCc2cc(C(F)(F)F)ccc2O)ccc1C(=O)OC(C)(C)C. The van der Waals surface area contributed by atoms with Gasteiger partial charge in [-0.2, -0.15) is 13.2 Å². The van der Waals surface area contributed by atoms with E-state index in [1.165, 1.54) is 25.1 Å². The number of phenols is 1. The number of hydrogen-bond acceptors (Lipinski definition) is 6. The Kier molecular flexibility index (Phi) is 6.64. The van der Waals surface area contributed by atoms with Gasteiger partial charge >= 0.3 is 18.1 Å². The Morgan fingerprint density at radius 3 is 2.30 bits per heavy atom. The van der Waals surface area contributed by atoms with Gasteiger partial charge in [-0.05, 0) is 51.1 Å². The lowest BCUT2D eigenvalue weighted by Gasteiger charge is -2.20. The minimum absolute atomic E-state index is 0.0209. The maximum absolute atomic E-state index is 12.9. The third-order valence-electron chi connectivity index (χ3n) is 3.74. The molecule has 0 fully saturated rings. The zero-order valence-electron chi connectivity index (χ0n) is 16.9. The van der Waals surface area contributed by atoms with Crippen LogP contribution < -0.4 is 10.1 Å². The number of carbonyl (C=O) groups excluding carboxylic acids is 2. The van der Waals surface area contributed by atoms with Crippen LogP contribution in [0.3, 0.4) is 0 Å². The highest BCUT2D eigenvalue weighted by Crippen LogP contribution is 2.33. The summed E-state index contributed by atoms with van der Waals surface area (Å²) in [6.07, 6.45) is -4.54. The van der Waals surface area contributed by atoms with Crippen LogP contribution in [0.15, 0.2) is 36.4 Å². The molecule has 9 heteroatoms. The number of anilines is 1. The van der Waals surface area contributed by atoms with Crippen molar-refractivity contribution in [3.63, 3.8) is 0 Å². The summed E-state index contributed by atoms with van der Waals surface area (Å²) in [5.74, 6) is -1.72. The van der Waals surface area contributed by atoms with Gasteiger partial charge in [-0.15, -0.1) is 0 Å². The summed E-state index contributed by atoms with van der Waals surface area (Å²) >= 11 is 0. The van der Waals surface area contributed by atoms with E-state index in [1.54, 1.807) is 20.8 Å². The minimum atomic E-state index is -4.54. The van der Waals surface area contributed by atoms with E-state index in [0.717, 1.165) is 18.2 Å². The molecule has 6 nitrogen and oxygen atoms in total. The third kappa shape index (κ3) is 6.40. The van der Waals surface area contributed by atoms with Gasteiger partial charge in [-0.3, -0.25) is 4.79 Å². The predicted octanol–water partition coefficient (Wildman–Crippen LogP) is 4.90. The molecule has 0 aliphatic heterocycles. The fourth-order valence-corrected chi connectivity index (χ4v) is 2.47. The predicted molar refractivity (Wildman–Crippen MR) is 103 cm³/mol. The molecule has 30 heavy (non-hydrogen) atoms. The first-order chi connectivity index (χ1) is 13.8. The summed E-state index contributed by atoms with van der Waals surface area (Å²) < 4.78 is 49.0. The molecule has 2 aromatic carbocycles. The zero-order valence-corrected chi connectivity index (χ0v) is 16.9. The normalized spacial score (nSPS) is 11.7. The lowest BCUT2D eigenvalue weighted by molar-refractivity contribution is -0.137. The number of hydrogen-bond donors (Lipinski definition) is 2. The molecule has 0 aliphatic rings. The van der Waals surface area contributed by atoms with Crippen LogP contribution >= 0.6 is 0 Å². The third-order valence-corrected chi connectivity index (χ3v) is 3.74. The van der Waals surface area contributed by atoms with Crippen molar-refractivity contribution in [1.82, 2.24) is 0 Å². The van der Waals surface area contributed by atoms with E-state index in [1.807, 2.05) is 0 Å². The first-order valence-electron chi connectivity index (χ1n) is 8.95. The van der Waals surface area contributed by atoms with Crippen molar-refractivity contribution in [3.05, 3.63) is 53.1 Å². The zero-order chi connectivity index (χ0) is 22.7. The van der Waals surface area contributed by atoms with Gasteiger partial charge in [0, 0.05) is 30.8 Å². The summed E-state index contributed by atoms with van der Waals surface area (Å²) in [5, 5.41) is 12.7. The summed E-state index contributed by atoms with van der Waals surface area (Å²) in [7, 11) is 0. The number of carbonyl (C=O) groups is 2. The van der Waals surface area contributed by atoms with Gasteiger partial charge in [0.15, 0.2) is 0 Å². The molecule has 0 atom stereocenters. The molecular formula is C21H22F3NO5. The molecule has 2 N–H and O–H groups in total. The Labute approximate surface area is 171 Å². The number of halogens is 3. The van der Waals surface area contributed by atoms with Gasteiger partial charge in [0.05, 0.1) is 5.56 Å². The summed E-state index contributed by atoms with van der Waals surface area (Å²) in [5.41, 5.74) is -1.25. The fraction of sp³-hybridized carbons (Fsp3) is 0.333. The smallest absolute Gasteiger partial charge is 0.416 e. The Balaban J connectivity index is 2.27. The number of ether oxygens (including phenoxy) is 2. The standard InChI is InChI=1S/C21H22F3NO5/c1-12(26)29-18-10-15(6-7-16(18)19(28)30-20(2,3)4)25-11-13-9-14(21(22,23)24)5-8-17(13)27/h5-10,25,27H,11H2,1-4H3. The second kappa shape index (κ2) is 8.64. The van der Waals surface area contributed by atoms with Crippen LogP contribution in [0, 0.1) is 0 Å². The highest BCUT2D eigenvalue weighted by atomic mass is 19.4. The summed E-state index contributed by atoms with van der Waals surface area (Å²) in [6, 6.07) is 6.80. The van der Waals surface area contributed by atoms with Crippen molar-refractivity contribution in [2.75, 3.05) is 5.32 Å². The van der Waals surface area contributed by atoms with E-state index in [-0.39, 0.29) is 29.2 Å². The topological polar surface area (TPSA) is 84.9 Å². The maximum Gasteiger partial charge on any atom is 0.416 e. The van der Waals surface area contributed by atoms with E-state index >= 15 is 0 Å². The van der Waals surface area contributed by atoms with Crippen LogP contribution in [0.25, 0.3) is 0 Å². The molecule has 0 aliphatic carbocycles. The van der Waals surface area contributed by atoms with Gasteiger partial charge in [-0.25, -0.2) is 4.79 Å². The largest absolute Gasteiger partial charge is 0.508 e. The van der Waals surface area contributed by atoms with Crippen molar-refractivity contribution < 1.29 is 37.3 Å². The number of nitrogens with one attached hydrogen (secondary N) is 1. The second-order valence-electron chi connectivity index (χ2n) is 7.50. The number of phenolic OH excluding ortho intramolecular Hbond substituents is 1. The van der Waals surface area contributed by atoms with Crippen LogP contribution in [0.1, 0.15) is 49.2 Å².